The molecule has 2 rings (SSSR count). The van der Waals surface area contributed by atoms with Crippen molar-refractivity contribution in [2.24, 2.45) is 11.7 Å². The fraction of sp³-hybridized carbons (Fsp3) is 0.538. The van der Waals surface area contributed by atoms with Gasteiger partial charge in [0.05, 0.1) is 0 Å². The molecule has 88 valence electrons. The van der Waals surface area contributed by atoms with E-state index >= 15 is 0 Å². The van der Waals surface area contributed by atoms with Crippen LogP contribution in [0.4, 0.5) is 0 Å². The minimum Gasteiger partial charge on any atom is -0.508 e. The average molecular weight is 220 g/mol. The molecule has 1 heterocycles. The molecule has 1 aliphatic rings. The summed E-state index contributed by atoms with van der Waals surface area (Å²) in [5.41, 5.74) is 7.12. The Balaban J connectivity index is 2.12. The van der Waals surface area contributed by atoms with E-state index in [1.165, 1.54) is 6.42 Å². The Morgan fingerprint density at radius 1 is 1.44 bits per heavy atom. The number of nitrogens with two attached hydrogens (primary N) is 1. The molecule has 0 aromatic heterocycles. The molecule has 3 heteroatoms. The van der Waals surface area contributed by atoms with Crippen LogP contribution in [0.2, 0.25) is 0 Å². The third-order valence-corrected chi connectivity index (χ3v) is 3.46. The molecule has 0 radical (unpaired) electrons. The Labute approximate surface area is 96.9 Å². The first-order valence-electron chi connectivity index (χ1n) is 5.90. The van der Waals surface area contributed by atoms with E-state index in [1.807, 2.05) is 18.2 Å². The van der Waals surface area contributed by atoms with E-state index in [-0.39, 0.29) is 6.04 Å². The zero-order chi connectivity index (χ0) is 11.5. The highest BCUT2D eigenvalue weighted by molar-refractivity contribution is 5.34. The van der Waals surface area contributed by atoms with Crippen LogP contribution in [0.5, 0.6) is 5.75 Å². The van der Waals surface area contributed by atoms with Crippen LogP contribution in [0.1, 0.15) is 24.4 Å². The fourth-order valence-corrected chi connectivity index (χ4v) is 2.52. The zero-order valence-corrected chi connectivity index (χ0v) is 9.76. The van der Waals surface area contributed by atoms with Gasteiger partial charge in [0.25, 0.3) is 0 Å². The van der Waals surface area contributed by atoms with Crippen molar-refractivity contribution in [1.82, 2.24) is 4.90 Å². The van der Waals surface area contributed by atoms with Crippen LogP contribution in [-0.2, 0) is 0 Å². The number of rotatable bonds is 2. The van der Waals surface area contributed by atoms with Crippen LogP contribution >= 0.6 is 0 Å². The summed E-state index contributed by atoms with van der Waals surface area (Å²) in [6.45, 7) is 2.18. The van der Waals surface area contributed by atoms with E-state index in [0.29, 0.717) is 11.7 Å². The summed E-state index contributed by atoms with van der Waals surface area (Å²) in [5, 5.41) is 9.78. The molecule has 3 N–H and O–H groups in total. The minimum absolute atomic E-state index is 0.0519. The molecular formula is C13H20N2O. The topological polar surface area (TPSA) is 49.5 Å². The number of benzene rings is 1. The quantitative estimate of drug-likeness (QED) is 0.798. The highest BCUT2D eigenvalue weighted by atomic mass is 16.3. The first-order valence-corrected chi connectivity index (χ1v) is 5.90. The highest BCUT2D eigenvalue weighted by Crippen LogP contribution is 2.31. The fourth-order valence-electron chi connectivity index (χ4n) is 2.52. The maximum atomic E-state index is 9.78. The lowest BCUT2D eigenvalue weighted by atomic mass is 9.87. The van der Waals surface area contributed by atoms with E-state index < -0.39 is 0 Å². The van der Waals surface area contributed by atoms with E-state index in [1.54, 1.807) is 6.07 Å². The van der Waals surface area contributed by atoms with Crippen LogP contribution in [0, 0.1) is 5.92 Å². The van der Waals surface area contributed by atoms with Gasteiger partial charge in [0.1, 0.15) is 5.75 Å². The smallest absolute Gasteiger partial charge is 0.120 e. The Hall–Kier alpha value is -1.06. The largest absolute Gasteiger partial charge is 0.508 e. The van der Waals surface area contributed by atoms with Gasteiger partial charge in [0.15, 0.2) is 0 Å². The summed E-state index contributed by atoms with van der Waals surface area (Å²) < 4.78 is 0. The number of hydrogen-bond donors (Lipinski definition) is 2. The molecule has 1 aromatic carbocycles. The van der Waals surface area contributed by atoms with Gasteiger partial charge in [-0.15, -0.1) is 0 Å². The molecule has 16 heavy (non-hydrogen) atoms. The van der Waals surface area contributed by atoms with Gasteiger partial charge in [-0.3, -0.25) is 0 Å². The van der Waals surface area contributed by atoms with Crippen molar-refractivity contribution in [3.63, 3.8) is 0 Å². The second kappa shape index (κ2) is 4.85. The number of phenols is 1. The molecule has 0 saturated carbocycles. The average Bonchev–Trinajstić information content (AvgIpc) is 2.29. The van der Waals surface area contributed by atoms with E-state index in [9.17, 15) is 5.11 Å². The zero-order valence-electron chi connectivity index (χ0n) is 9.76. The molecule has 0 bridgehead atoms. The van der Waals surface area contributed by atoms with Crippen molar-refractivity contribution in [1.29, 1.82) is 0 Å². The number of nitrogens with zero attached hydrogens (tertiary/aromatic N) is 1. The van der Waals surface area contributed by atoms with Crippen molar-refractivity contribution >= 4 is 0 Å². The van der Waals surface area contributed by atoms with Crippen molar-refractivity contribution < 1.29 is 5.11 Å². The molecule has 1 aromatic rings. The standard InChI is InChI=1S/C13H20N2O/c1-15-8-4-5-10(9-15)13(14)11-6-2-3-7-12(11)16/h2-3,6-7,10,13,16H,4-5,8-9,14H2,1H3. The lowest BCUT2D eigenvalue weighted by molar-refractivity contribution is 0.187. The van der Waals surface area contributed by atoms with Crippen molar-refractivity contribution in [3.8, 4) is 5.75 Å². The summed E-state index contributed by atoms with van der Waals surface area (Å²) in [4.78, 5) is 2.31. The Bertz CT molecular complexity index is 354. The van der Waals surface area contributed by atoms with Crippen molar-refractivity contribution in [2.75, 3.05) is 20.1 Å². The van der Waals surface area contributed by atoms with E-state index in [2.05, 4.69) is 11.9 Å². The van der Waals surface area contributed by atoms with Gasteiger partial charge in [-0.1, -0.05) is 18.2 Å². The minimum atomic E-state index is -0.0519. The number of likely N-dealkylation sites (tertiary alicyclic amines) is 1. The SMILES string of the molecule is CN1CCCC(C(N)c2ccccc2O)C1. The highest BCUT2D eigenvalue weighted by Gasteiger charge is 2.25. The summed E-state index contributed by atoms with van der Waals surface area (Å²) in [7, 11) is 2.13. The number of hydrogen-bond acceptors (Lipinski definition) is 3. The van der Waals surface area contributed by atoms with Crippen LogP contribution in [0.3, 0.4) is 0 Å². The van der Waals surface area contributed by atoms with Crippen LogP contribution in [0.25, 0.3) is 0 Å². The van der Waals surface area contributed by atoms with Gasteiger partial charge < -0.3 is 15.7 Å². The van der Waals surface area contributed by atoms with Crippen LogP contribution in [-0.4, -0.2) is 30.1 Å². The second-order valence-electron chi connectivity index (χ2n) is 4.75. The van der Waals surface area contributed by atoms with Gasteiger partial charge >= 0.3 is 0 Å². The molecule has 3 nitrogen and oxygen atoms in total. The molecule has 0 spiro atoms. The molecule has 2 atom stereocenters. The Morgan fingerprint density at radius 3 is 2.88 bits per heavy atom. The van der Waals surface area contributed by atoms with Crippen molar-refractivity contribution in [2.45, 2.75) is 18.9 Å². The summed E-state index contributed by atoms with van der Waals surface area (Å²) in [6, 6.07) is 7.35. The number of phenolic OH excluding ortho intramolecular Hbond substituents is 1. The van der Waals surface area contributed by atoms with Gasteiger partial charge in [-0.2, -0.15) is 0 Å². The molecule has 2 unspecified atom stereocenters. The number of aromatic hydroxyl groups is 1. The summed E-state index contributed by atoms with van der Waals surface area (Å²) in [5.74, 6) is 0.773. The molecule has 0 aliphatic carbocycles. The Kier molecular flexibility index (Phi) is 3.46. The summed E-state index contributed by atoms with van der Waals surface area (Å²) in [6.07, 6.45) is 2.35. The van der Waals surface area contributed by atoms with Gasteiger partial charge in [0, 0.05) is 18.2 Å². The van der Waals surface area contributed by atoms with E-state index in [0.717, 1.165) is 25.1 Å². The van der Waals surface area contributed by atoms with Gasteiger partial charge in [0.2, 0.25) is 0 Å². The maximum Gasteiger partial charge on any atom is 0.120 e. The first kappa shape index (κ1) is 11.4. The number of para-hydroxylation sites is 1. The predicted octanol–water partition coefficient (Wildman–Crippen LogP) is 1.73. The van der Waals surface area contributed by atoms with E-state index in [4.69, 9.17) is 5.73 Å². The third kappa shape index (κ3) is 2.36. The number of piperidine rings is 1. The Morgan fingerprint density at radius 2 is 2.19 bits per heavy atom. The third-order valence-electron chi connectivity index (χ3n) is 3.46. The first-order chi connectivity index (χ1) is 7.68. The predicted molar refractivity (Wildman–Crippen MR) is 65.3 cm³/mol. The van der Waals surface area contributed by atoms with Gasteiger partial charge in [-0.25, -0.2) is 0 Å². The molecule has 1 saturated heterocycles. The lowest BCUT2D eigenvalue weighted by Gasteiger charge is -2.33. The van der Waals surface area contributed by atoms with Crippen LogP contribution in [0.15, 0.2) is 24.3 Å². The monoisotopic (exact) mass is 220 g/mol. The second-order valence-corrected chi connectivity index (χ2v) is 4.75. The molecule has 1 aliphatic heterocycles. The normalized spacial score (nSPS) is 24.2. The van der Waals surface area contributed by atoms with Crippen molar-refractivity contribution in [3.05, 3.63) is 29.8 Å². The maximum absolute atomic E-state index is 9.78. The lowest BCUT2D eigenvalue weighted by Crippen LogP contribution is -2.37. The molecular weight excluding hydrogens is 200 g/mol. The van der Waals surface area contributed by atoms with Crippen LogP contribution < -0.4 is 5.73 Å². The molecule has 1 fully saturated rings. The molecule has 0 amide bonds. The summed E-state index contributed by atoms with van der Waals surface area (Å²) >= 11 is 0. The van der Waals surface area contributed by atoms with Gasteiger partial charge in [-0.05, 0) is 38.4 Å².